The van der Waals surface area contributed by atoms with Gasteiger partial charge >= 0.3 is 0 Å². The van der Waals surface area contributed by atoms with Crippen LogP contribution in [-0.2, 0) is 0 Å². The van der Waals surface area contributed by atoms with Gasteiger partial charge in [0.15, 0.2) is 0 Å². The van der Waals surface area contributed by atoms with Gasteiger partial charge in [0, 0.05) is 9.52 Å². The first-order valence-electron chi connectivity index (χ1n) is 4.02. The Morgan fingerprint density at radius 1 is 1.10 bits per heavy atom. The van der Waals surface area contributed by atoms with E-state index in [1.165, 1.54) is 6.42 Å². The van der Waals surface area contributed by atoms with Gasteiger partial charge in [-0.3, -0.25) is 0 Å². The third-order valence-corrected chi connectivity index (χ3v) is 4.27. The highest BCUT2D eigenvalue weighted by Gasteiger charge is 2.12. The van der Waals surface area contributed by atoms with Crippen LogP contribution < -0.4 is 0 Å². The van der Waals surface area contributed by atoms with Crippen LogP contribution in [0.25, 0.3) is 0 Å². The molecule has 56 valence electrons. The van der Waals surface area contributed by atoms with Crippen molar-refractivity contribution in [2.45, 2.75) is 33.7 Å². The molecule has 0 aromatic rings. The van der Waals surface area contributed by atoms with Crippen LogP contribution in [0.3, 0.4) is 0 Å². The van der Waals surface area contributed by atoms with Crippen molar-refractivity contribution in [2.75, 3.05) is 0 Å². The summed E-state index contributed by atoms with van der Waals surface area (Å²) in [4.78, 5) is 0. The lowest BCUT2D eigenvalue weighted by molar-refractivity contribution is 1.20. The van der Waals surface area contributed by atoms with Gasteiger partial charge < -0.3 is 0 Å². The molecule has 0 unspecified atom stereocenters. The molecule has 10 heavy (non-hydrogen) atoms. The fourth-order valence-electron chi connectivity index (χ4n) is 1.56. The topological polar surface area (TPSA) is 0 Å². The monoisotopic (exact) mass is 152 g/mol. The summed E-state index contributed by atoms with van der Waals surface area (Å²) in [6, 6.07) is 0. The van der Waals surface area contributed by atoms with Crippen molar-refractivity contribution in [3.05, 3.63) is 21.9 Å². The van der Waals surface area contributed by atoms with Crippen molar-refractivity contribution < 1.29 is 0 Å². The molecule has 0 nitrogen and oxygen atoms in total. The largest absolute Gasteiger partial charge is 0.0811 e. The minimum absolute atomic E-state index is 0.117. The Bertz CT molecular complexity index is 209. The maximum absolute atomic E-state index is 2.38. The van der Waals surface area contributed by atoms with Gasteiger partial charge in [-0.15, -0.1) is 0 Å². The molecule has 0 aromatic carbocycles. The standard InChI is InChI=1S/C9H16Si/c1-6-5-9(10-4)8(3)7(6)2/h5,10H2,1-4H3. The third-order valence-electron chi connectivity index (χ3n) is 2.64. The smallest absolute Gasteiger partial charge is 0.0473 e. The van der Waals surface area contributed by atoms with E-state index < -0.39 is 0 Å². The molecule has 0 fully saturated rings. The quantitative estimate of drug-likeness (QED) is 0.505. The van der Waals surface area contributed by atoms with Gasteiger partial charge in [-0.25, -0.2) is 0 Å². The molecule has 0 saturated heterocycles. The Morgan fingerprint density at radius 2 is 1.70 bits per heavy atom. The Kier molecular flexibility index (Phi) is 2.14. The molecule has 1 aliphatic rings. The van der Waals surface area contributed by atoms with E-state index in [0.29, 0.717) is 0 Å². The molecule has 0 bridgehead atoms. The summed E-state index contributed by atoms with van der Waals surface area (Å²) in [6.07, 6.45) is 1.29. The predicted molar refractivity (Wildman–Crippen MR) is 50.1 cm³/mol. The van der Waals surface area contributed by atoms with Crippen molar-refractivity contribution >= 4 is 9.52 Å². The lowest BCUT2D eigenvalue weighted by atomic mass is 10.1. The normalized spacial score (nSPS) is 20.4. The van der Waals surface area contributed by atoms with E-state index in [-0.39, 0.29) is 9.52 Å². The molecule has 0 heterocycles. The van der Waals surface area contributed by atoms with E-state index in [0.717, 1.165) is 0 Å². The zero-order valence-corrected chi connectivity index (χ0v) is 8.83. The van der Waals surface area contributed by atoms with E-state index in [4.69, 9.17) is 0 Å². The second-order valence-electron chi connectivity index (χ2n) is 3.16. The van der Waals surface area contributed by atoms with Gasteiger partial charge in [-0.05, 0) is 32.8 Å². The predicted octanol–water partition coefficient (Wildman–Crippen LogP) is 2.22. The van der Waals surface area contributed by atoms with Gasteiger partial charge in [-0.1, -0.05) is 22.9 Å². The van der Waals surface area contributed by atoms with Gasteiger partial charge in [0.1, 0.15) is 0 Å². The van der Waals surface area contributed by atoms with Crippen molar-refractivity contribution in [3.8, 4) is 0 Å². The van der Waals surface area contributed by atoms with E-state index in [1.54, 1.807) is 21.9 Å². The Balaban J connectivity index is 2.89. The molecule has 1 rings (SSSR count). The minimum atomic E-state index is 0.117. The first-order chi connectivity index (χ1) is 4.66. The van der Waals surface area contributed by atoms with E-state index in [1.807, 2.05) is 0 Å². The average molecular weight is 152 g/mol. The number of rotatable bonds is 1. The van der Waals surface area contributed by atoms with Crippen molar-refractivity contribution in [3.63, 3.8) is 0 Å². The summed E-state index contributed by atoms with van der Waals surface area (Å²) in [5, 5.41) is 1.77. The molecule has 1 heteroatoms. The second kappa shape index (κ2) is 2.75. The fraction of sp³-hybridized carbons (Fsp3) is 0.556. The molecule has 0 spiro atoms. The van der Waals surface area contributed by atoms with Gasteiger partial charge in [-0.2, -0.15) is 0 Å². The first kappa shape index (κ1) is 7.80. The van der Waals surface area contributed by atoms with Crippen LogP contribution in [0.15, 0.2) is 21.9 Å². The van der Waals surface area contributed by atoms with E-state index >= 15 is 0 Å². The molecule has 0 aromatic heterocycles. The molecule has 0 amide bonds. The summed E-state index contributed by atoms with van der Waals surface area (Å²) in [7, 11) is 0.117. The number of hydrogen-bond acceptors (Lipinski definition) is 0. The van der Waals surface area contributed by atoms with Crippen molar-refractivity contribution in [2.24, 2.45) is 0 Å². The summed E-state index contributed by atoms with van der Waals surface area (Å²) >= 11 is 0. The first-order valence-corrected chi connectivity index (χ1v) is 6.14. The highest BCUT2D eigenvalue weighted by atomic mass is 28.2. The Hall–Kier alpha value is -0.303. The highest BCUT2D eigenvalue weighted by molar-refractivity contribution is 6.44. The Labute approximate surface area is 65.8 Å². The molecule has 0 aliphatic heterocycles. The summed E-state index contributed by atoms with van der Waals surface area (Å²) in [5.41, 5.74) is 4.76. The van der Waals surface area contributed by atoms with Crippen LogP contribution >= 0.6 is 0 Å². The number of hydrogen-bond donors (Lipinski definition) is 0. The fourth-order valence-corrected chi connectivity index (χ4v) is 2.98. The van der Waals surface area contributed by atoms with Crippen LogP contribution in [0.4, 0.5) is 0 Å². The molecular weight excluding hydrogens is 136 g/mol. The van der Waals surface area contributed by atoms with Crippen LogP contribution in [0, 0.1) is 0 Å². The van der Waals surface area contributed by atoms with Crippen LogP contribution in [0.1, 0.15) is 27.2 Å². The van der Waals surface area contributed by atoms with Crippen molar-refractivity contribution in [1.82, 2.24) is 0 Å². The van der Waals surface area contributed by atoms with Crippen LogP contribution in [-0.4, -0.2) is 9.52 Å². The van der Waals surface area contributed by atoms with Gasteiger partial charge in [0.25, 0.3) is 0 Å². The molecule has 0 saturated carbocycles. The van der Waals surface area contributed by atoms with Gasteiger partial charge in [0.2, 0.25) is 0 Å². The van der Waals surface area contributed by atoms with E-state index in [2.05, 4.69) is 27.3 Å². The second-order valence-corrected chi connectivity index (χ2v) is 4.72. The SMILES string of the molecule is C[SiH2]C1=C(C)C(C)=C(C)C1. The van der Waals surface area contributed by atoms with Crippen LogP contribution in [0.5, 0.6) is 0 Å². The van der Waals surface area contributed by atoms with Gasteiger partial charge in [0.05, 0.1) is 0 Å². The molecule has 0 N–H and O–H groups in total. The zero-order valence-electron chi connectivity index (χ0n) is 7.41. The number of allylic oxidation sites excluding steroid dienone is 4. The lowest BCUT2D eigenvalue weighted by Crippen LogP contribution is -1.89. The molecule has 0 radical (unpaired) electrons. The summed E-state index contributed by atoms with van der Waals surface area (Å²) in [6.45, 7) is 9.17. The summed E-state index contributed by atoms with van der Waals surface area (Å²) < 4.78 is 0. The molecule has 1 aliphatic carbocycles. The zero-order chi connectivity index (χ0) is 7.72. The van der Waals surface area contributed by atoms with E-state index in [9.17, 15) is 0 Å². The lowest BCUT2D eigenvalue weighted by Gasteiger charge is -1.97. The van der Waals surface area contributed by atoms with Crippen LogP contribution in [0.2, 0.25) is 6.55 Å². The third kappa shape index (κ3) is 1.10. The summed E-state index contributed by atoms with van der Waals surface area (Å²) in [5.74, 6) is 0. The van der Waals surface area contributed by atoms with Crippen molar-refractivity contribution in [1.29, 1.82) is 0 Å². The molecular formula is C9H16Si. The minimum Gasteiger partial charge on any atom is -0.0811 e. The molecule has 0 atom stereocenters. The highest BCUT2D eigenvalue weighted by Crippen LogP contribution is 2.30. The Morgan fingerprint density at radius 3 is 1.90 bits per heavy atom. The maximum atomic E-state index is 2.38. The average Bonchev–Trinajstić information content (AvgIpc) is 2.17. The maximum Gasteiger partial charge on any atom is 0.0473 e.